The molecule has 2 aliphatic heterocycles. The monoisotopic (exact) mass is 380 g/mol. The van der Waals surface area contributed by atoms with Crippen molar-refractivity contribution in [3.05, 3.63) is 71.3 Å². The minimum atomic E-state index is -0.665. The molecule has 1 saturated heterocycles. The van der Waals surface area contributed by atoms with Crippen LogP contribution in [-0.4, -0.2) is 59.9 Å². The molecular weight excluding hydrogens is 352 g/mol. The first-order chi connectivity index (χ1) is 13.7. The van der Waals surface area contributed by atoms with Gasteiger partial charge in [-0.3, -0.25) is 4.90 Å². The smallest absolute Gasteiger partial charge is 0.409 e. The number of nitrogens with zero attached hydrogens (tertiary/aromatic N) is 2. The van der Waals surface area contributed by atoms with Gasteiger partial charge in [0.25, 0.3) is 0 Å². The fraction of sp³-hybridized carbons (Fsp3) is 0.435. The molecule has 0 bridgehead atoms. The summed E-state index contributed by atoms with van der Waals surface area (Å²) in [5.74, 6) is 0.368. The minimum Gasteiger partial charge on any atom is -0.447 e. The number of hydrogen-bond donors (Lipinski definition) is 1. The number of hydrogen-bond acceptors (Lipinski definition) is 4. The average molecular weight is 380 g/mol. The standard InChI is InChI=1S/C23H28N2O3/c26-22(16-24-12-10-19-8-4-5-9-20(19)14-24)17-28-23(27)25-13-11-21(15-25)18-6-2-1-3-7-18/h1-9,21-22,26H,10-17H2/t21?,22-/m1/s1. The fourth-order valence-electron chi connectivity index (χ4n) is 4.24. The van der Waals surface area contributed by atoms with E-state index in [0.29, 0.717) is 25.6 Å². The maximum absolute atomic E-state index is 12.4. The van der Waals surface area contributed by atoms with Gasteiger partial charge in [-0.1, -0.05) is 54.6 Å². The molecular formula is C23H28N2O3. The molecule has 1 amide bonds. The number of ether oxygens (including phenoxy) is 1. The summed E-state index contributed by atoms with van der Waals surface area (Å²) in [6, 6.07) is 18.7. The number of β-amino-alcohol motifs (C(OH)–C–C–N with tert-alkyl or cyclic N) is 1. The Labute approximate surface area is 166 Å². The van der Waals surface area contributed by atoms with Crippen LogP contribution in [0.25, 0.3) is 0 Å². The van der Waals surface area contributed by atoms with Crippen molar-refractivity contribution in [3.8, 4) is 0 Å². The number of likely N-dealkylation sites (tertiary alicyclic amines) is 1. The molecule has 0 radical (unpaired) electrons. The van der Waals surface area contributed by atoms with Crippen molar-refractivity contribution in [1.29, 1.82) is 0 Å². The van der Waals surface area contributed by atoms with Crippen molar-refractivity contribution in [1.82, 2.24) is 9.80 Å². The van der Waals surface area contributed by atoms with E-state index < -0.39 is 6.10 Å². The van der Waals surface area contributed by atoms with Crippen LogP contribution in [0.4, 0.5) is 4.79 Å². The van der Waals surface area contributed by atoms with Crippen LogP contribution >= 0.6 is 0 Å². The van der Waals surface area contributed by atoms with E-state index in [1.165, 1.54) is 16.7 Å². The summed E-state index contributed by atoms with van der Waals surface area (Å²) in [5, 5.41) is 10.3. The Kier molecular flexibility index (Phi) is 5.93. The van der Waals surface area contributed by atoms with Crippen LogP contribution in [0.15, 0.2) is 54.6 Å². The van der Waals surface area contributed by atoms with Crippen LogP contribution in [0.1, 0.15) is 29.0 Å². The van der Waals surface area contributed by atoms with Crippen molar-refractivity contribution in [2.75, 3.05) is 32.8 Å². The highest BCUT2D eigenvalue weighted by Crippen LogP contribution is 2.27. The zero-order valence-electron chi connectivity index (χ0n) is 16.2. The molecule has 0 saturated carbocycles. The van der Waals surface area contributed by atoms with Crippen molar-refractivity contribution >= 4 is 6.09 Å². The second-order valence-corrected chi connectivity index (χ2v) is 7.83. The lowest BCUT2D eigenvalue weighted by Gasteiger charge is -2.30. The number of carbonyl (C=O) groups excluding carboxylic acids is 1. The zero-order chi connectivity index (χ0) is 19.3. The van der Waals surface area contributed by atoms with Gasteiger partial charge in [0.2, 0.25) is 0 Å². The van der Waals surface area contributed by atoms with Gasteiger partial charge in [-0.15, -0.1) is 0 Å². The molecule has 5 nitrogen and oxygen atoms in total. The normalized spacial score (nSPS) is 20.6. The van der Waals surface area contributed by atoms with Crippen LogP contribution in [0.3, 0.4) is 0 Å². The molecule has 1 fully saturated rings. The molecule has 2 aliphatic rings. The molecule has 0 aromatic heterocycles. The Hall–Kier alpha value is -2.37. The number of rotatable bonds is 5. The van der Waals surface area contributed by atoms with E-state index in [9.17, 15) is 9.90 Å². The van der Waals surface area contributed by atoms with E-state index >= 15 is 0 Å². The van der Waals surface area contributed by atoms with Gasteiger partial charge in [-0.05, 0) is 29.5 Å². The molecule has 2 heterocycles. The summed E-state index contributed by atoms with van der Waals surface area (Å²) >= 11 is 0. The molecule has 1 N–H and O–H groups in total. The van der Waals surface area contributed by atoms with Gasteiger partial charge < -0.3 is 14.7 Å². The van der Waals surface area contributed by atoms with Gasteiger partial charge in [0.1, 0.15) is 12.7 Å². The summed E-state index contributed by atoms with van der Waals surface area (Å²) in [6.07, 6.45) is 0.967. The van der Waals surface area contributed by atoms with Gasteiger partial charge in [-0.2, -0.15) is 0 Å². The summed E-state index contributed by atoms with van der Waals surface area (Å²) in [7, 11) is 0. The molecule has 0 spiro atoms. The van der Waals surface area contributed by atoms with Gasteiger partial charge in [0.15, 0.2) is 0 Å². The van der Waals surface area contributed by atoms with Crippen LogP contribution in [0.5, 0.6) is 0 Å². The number of amides is 1. The average Bonchev–Trinajstić information content (AvgIpc) is 3.23. The van der Waals surface area contributed by atoms with Crippen molar-refractivity contribution in [2.45, 2.75) is 31.4 Å². The molecule has 2 atom stereocenters. The summed E-state index contributed by atoms with van der Waals surface area (Å²) in [5.41, 5.74) is 3.98. The third-order valence-electron chi connectivity index (χ3n) is 5.80. The molecule has 148 valence electrons. The summed E-state index contributed by atoms with van der Waals surface area (Å²) < 4.78 is 5.39. The van der Waals surface area contributed by atoms with Crippen LogP contribution in [0, 0.1) is 0 Å². The first kappa shape index (κ1) is 19.0. The summed E-state index contributed by atoms with van der Waals surface area (Å²) in [4.78, 5) is 16.3. The molecule has 4 rings (SSSR count). The molecule has 5 heteroatoms. The fourth-order valence-corrected chi connectivity index (χ4v) is 4.24. The predicted molar refractivity (Wildman–Crippen MR) is 108 cm³/mol. The highest BCUT2D eigenvalue weighted by molar-refractivity contribution is 5.68. The van der Waals surface area contributed by atoms with E-state index in [4.69, 9.17) is 4.74 Å². The lowest BCUT2D eigenvalue weighted by atomic mass is 9.99. The molecule has 28 heavy (non-hydrogen) atoms. The summed E-state index contributed by atoms with van der Waals surface area (Å²) in [6.45, 7) is 3.72. The lowest BCUT2D eigenvalue weighted by Crippen LogP contribution is -2.39. The van der Waals surface area contributed by atoms with Gasteiger partial charge >= 0.3 is 6.09 Å². The van der Waals surface area contributed by atoms with E-state index in [1.807, 2.05) is 18.2 Å². The molecule has 1 unspecified atom stereocenters. The highest BCUT2D eigenvalue weighted by atomic mass is 16.6. The Morgan fingerprint density at radius 1 is 1.07 bits per heavy atom. The van der Waals surface area contributed by atoms with E-state index in [2.05, 4.69) is 41.3 Å². The SMILES string of the molecule is O=C(OC[C@H](O)CN1CCc2ccccc2C1)N1CCC(c2ccccc2)C1. The number of aliphatic hydroxyl groups is 1. The Morgan fingerprint density at radius 3 is 2.64 bits per heavy atom. The topological polar surface area (TPSA) is 53.0 Å². The number of aliphatic hydroxyl groups excluding tert-OH is 1. The quantitative estimate of drug-likeness (QED) is 0.866. The third kappa shape index (κ3) is 4.54. The van der Waals surface area contributed by atoms with Crippen LogP contribution in [-0.2, 0) is 17.7 Å². The van der Waals surface area contributed by atoms with Crippen molar-refractivity contribution < 1.29 is 14.6 Å². The first-order valence-corrected chi connectivity index (χ1v) is 10.1. The number of carbonyl (C=O) groups is 1. The second kappa shape index (κ2) is 8.76. The lowest BCUT2D eigenvalue weighted by molar-refractivity contribution is 0.0295. The highest BCUT2D eigenvalue weighted by Gasteiger charge is 2.28. The number of benzene rings is 2. The van der Waals surface area contributed by atoms with E-state index in [-0.39, 0.29) is 12.7 Å². The minimum absolute atomic E-state index is 0.0451. The van der Waals surface area contributed by atoms with Crippen LogP contribution < -0.4 is 0 Å². The van der Waals surface area contributed by atoms with Gasteiger partial charge in [0, 0.05) is 38.6 Å². The number of fused-ring (bicyclic) bond motifs is 1. The molecule has 2 aromatic carbocycles. The maximum atomic E-state index is 12.4. The molecule has 2 aromatic rings. The van der Waals surface area contributed by atoms with E-state index in [1.54, 1.807) is 4.90 Å². The molecule has 0 aliphatic carbocycles. The van der Waals surface area contributed by atoms with E-state index in [0.717, 1.165) is 25.9 Å². The third-order valence-corrected chi connectivity index (χ3v) is 5.80. The van der Waals surface area contributed by atoms with Crippen LogP contribution in [0.2, 0.25) is 0 Å². The zero-order valence-corrected chi connectivity index (χ0v) is 16.2. The van der Waals surface area contributed by atoms with Crippen molar-refractivity contribution in [3.63, 3.8) is 0 Å². The Bertz CT molecular complexity index is 795. The second-order valence-electron chi connectivity index (χ2n) is 7.83. The largest absolute Gasteiger partial charge is 0.447 e. The first-order valence-electron chi connectivity index (χ1n) is 10.1. The Balaban J connectivity index is 1.21. The Morgan fingerprint density at radius 2 is 1.82 bits per heavy atom. The van der Waals surface area contributed by atoms with Gasteiger partial charge in [0.05, 0.1) is 0 Å². The van der Waals surface area contributed by atoms with Gasteiger partial charge in [-0.25, -0.2) is 4.79 Å². The maximum Gasteiger partial charge on any atom is 0.409 e. The van der Waals surface area contributed by atoms with Crippen molar-refractivity contribution in [2.24, 2.45) is 0 Å². The predicted octanol–water partition coefficient (Wildman–Crippen LogP) is 3.03.